The summed E-state index contributed by atoms with van der Waals surface area (Å²) in [6.07, 6.45) is 2.72. The largest absolute Gasteiger partial charge is 0.495 e. The first kappa shape index (κ1) is 17.4. The van der Waals surface area contributed by atoms with Crippen molar-refractivity contribution in [3.05, 3.63) is 36.7 Å². The first-order chi connectivity index (χ1) is 11.9. The van der Waals surface area contributed by atoms with Gasteiger partial charge in [0.05, 0.1) is 19.0 Å². The number of aromatic nitrogens is 2. The fraction of sp³-hybridized carbons (Fsp3) is 0.375. The van der Waals surface area contributed by atoms with Gasteiger partial charge in [-0.3, -0.25) is 9.48 Å². The van der Waals surface area contributed by atoms with Crippen LogP contribution in [-0.4, -0.2) is 54.7 Å². The van der Waals surface area contributed by atoms with Gasteiger partial charge < -0.3 is 9.64 Å². The number of piperazine rings is 1. The maximum Gasteiger partial charge on any atom is 0.246 e. The minimum absolute atomic E-state index is 0.0837. The minimum Gasteiger partial charge on any atom is -0.495 e. The first-order valence-electron chi connectivity index (χ1n) is 7.81. The van der Waals surface area contributed by atoms with Crippen molar-refractivity contribution in [1.29, 1.82) is 0 Å². The minimum atomic E-state index is -3.77. The van der Waals surface area contributed by atoms with Gasteiger partial charge in [0.2, 0.25) is 15.9 Å². The lowest BCUT2D eigenvalue weighted by molar-refractivity contribution is -0.123. The van der Waals surface area contributed by atoms with Crippen molar-refractivity contribution in [2.45, 2.75) is 17.9 Å². The molecule has 0 N–H and O–H groups in total. The van der Waals surface area contributed by atoms with E-state index >= 15 is 0 Å². The molecule has 1 atom stereocenters. The lowest BCUT2D eigenvalue weighted by Crippen LogP contribution is -2.57. The van der Waals surface area contributed by atoms with Crippen LogP contribution in [0, 0.1) is 0 Å². The van der Waals surface area contributed by atoms with Crippen LogP contribution in [0.5, 0.6) is 5.75 Å². The summed E-state index contributed by atoms with van der Waals surface area (Å²) in [5.74, 6) is 0.287. The zero-order valence-corrected chi connectivity index (χ0v) is 15.1. The number of hydrogen-bond donors (Lipinski definition) is 0. The van der Waals surface area contributed by atoms with Crippen LogP contribution in [-0.2, 0) is 21.9 Å². The van der Waals surface area contributed by atoms with Gasteiger partial charge in [-0.2, -0.15) is 9.40 Å². The number of para-hydroxylation sites is 2. The van der Waals surface area contributed by atoms with Crippen molar-refractivity contribution in [3.8, 4) is 5.75 Å². The number of sulfonamides is 1. The molecule has 0 bridgehead atoms. The molecule has 8 nitrogen and oxygen atoms in total. The summed E-state index contributed by atoms with van der Waals surface area (Å²) in [5.41, 5.74) is 0.639. The number of amides is 1. The number of ether oxygens (including phenoxy) is 1. The zero-order valence-electron chi connectivity index (χ0n) is 14.3. The van der Waals surface area contributed by atoms with Crippen LogP contribution in [0.25, 0.3) is 0 Å². The number of anilines is 1. The normalized spacial score (nSPS) is 19.2. The van der Waals surface area contributed by atoms with Crippen LogP contribution in [0.4, 0.5) is 5.69 Å². The number of methoxy groups -OCH3 is 1. The van der Waals surface area contributed by atoms with Gasteiger partial charge in [0.1, 0.15) is 16.7 Å². The molecule has 25 heavy (non-hydrogen) atoms. The van der Waals surface area contributed by atoms with Gasteiger partial charge in [0, 0.05) is 26.3 Å². The average molecular weight is 364 g/mol. The number of aryl methyl sites for hydroxylation is 1. The maximum atomic E-state index is 12.8. The molecule has 1 saturated heterocycles. The quantitative estimate of drug-likeness (QED) is 0.803. The monoisotopic (exact) mass is 364 g/mol. The summed E-state index contributed by atoms with van der Waals surface area (Å²) in [5, 5.41) is 3.91. The van der Waals surface area contributed by atoms with Gasteiger partial charge in [-0.25, -0.2) is 8.42 Å². The van der Waals surface area contributed by atoms with E-state index in [4.69, 9.17) is 4.74 Å². The highest BCUT2D eigenvalue weighted by Crippen LogP contribution is 2.31. The van der Waals surface area contributed by atoms with Gasteiger partial charge in [-0.05, 0) is 19.1 Å². The lowest BCUT2D eigenvalue weighted by Gasteiger charge is -2.38. The third-order valence-electron chi connectivity index (χ3n) is 4.26. The van der Waals surface area contributed by atoms with E-state index in [0.717, 1.165) is 0 Å². The topological polar surface area (TPSA) is 84.7 Å². The summed E-state index contributed by atoms with van der Waals surface area (Å²) in [6.45, 7) is 2.04. The SMILES string of the molecule is COc1ccccc1N1CCN(S(=O)(=O)c2cnn(C)c2)[C@@H](C)C1=O. The second-order valence-electron chi connectivity index (χ2n) is 5.80. The lowest BCUT2D eigenvalue weighted by atomic mass is 10.2. The molecule has 1 aromatic carbocycles. The van der Waals surface area contributed by atoms with E-state index in [1.165, 1.54) is 28.5 Å². The van der Waals surface area contributed by atoms with Crippen molar-refractivity contribution in [2.75, 3.05) is 25.1 Å². The molecule has 1 aromatic heterocycles. The van der Waals surface area contributed by atoms with Crippen LogP contribution in [0.2, 0.25) is 0 Å². The molecule has 134 valence electrons. The van der Waals surface area contributed by atoms with Crippen LogP contribution in [0.15, 0.2) is 41.6 Å². The Morgan fingerprint density at radius 1 is 1.24 bits per heavy atom. The predicted octanol–water partition coefficient (Wildman–Crippen LogP) is 0.855. The first-order valence-corrected chi connectivity index (χ1v) is 9.25. The fourth-order valence-corrected chi connectivity index (χ4v) is 4.50. The zero-order chi connectivity index (χ0) is 18.2. The van der Waals surface area contributed by atoms with Gasteiger partial charge in [0.25, 0.3) is 0 Å². The van der Waals surface area contributed by atoms with Gasteiger partial charge >= 0.3 is 0 Å². The molecule has 0 saturated carbocycles. The summed E-state index contributed by atoms with van der Waals surface area (Å²) in [7, 11) is -0.590. The van der Waals surface area contributed by atoms with Gasteiger partial charge in [-0.1, -0.05) is 12.1 Å². The molecule has 0 spiro atoms. The number of carbonyl (C=O) groups excluding carboxylic acids is 1. The molecule has 1 fully saturated rings. The standard InChI is InChI=1S/C16H20N4O4S/c1-12-16(21)19(14-6-4-5-7-15(14)24-3)8-9-20(12)25(22,23)13-10-17-18(2)11-13/h4-7,10-12H,8-9H2,1-3H3/t12-/m0/s1. The van der Waals surface area contributed by atoms with E-state index in [2.05, 4.69) is 5.10 Å². The van der Waals surface area contributed by atoms with Crippen LogP contribution >= 0.6 is 0 Å². The predicted molar refractivity (Wildman–Crippen MR) is 91.9 cm³/mol. The van der Waals surface area contributed by atoms with Crippen LogP contribution in [0.1, 0.15) is 6.92 Å². The Kier molecular flexibility index (Phi) is 4.53. The molecule has 9 heteroatoms. The molecule has 1 aliphatic rings. The number of nitrogens with zero attached hydrogens (tertiary/aromatic N) is 4. The fourth-order valence-electron chi connectivity index (χ4n) is 2.94. The molecular weight excluding hydrogens is 344 g/mol. The van der Waals surface area contributed by atoms with E-state index in [1.807, 2.05) is 12.1 Å². The highest BCUT2D eigenvalue weighted by atomic mass is 32.2. The molecule has 0 radical (unpaired) electrons. The molecular formula is C16H20N4O4S. The molecule has 2 aromatic rings. The molecule has 1 amide bonds. The van der Waals surface area contributed by atoms with E-state index in [1.54, 1.807) is 31.0 Å². The van der Waals surface area contributed by atoms with Gasteiger partial charge in [-0.15, -0.1) is 0 Å². The molecule has 0 aliphatic carbocycles. The van der Waals surface area contributed by atoms with Crippen molar-refractivity contribution in [1.82, 2.24) is 14.1 Å². The Morgan fingerprint density at radius 2 is 1.96 bits per heavy atom. The maximum absolute atomic E-state index is 12.8. The van der Waals surface area contributed by atoms with Crippen molar-refractivity contribution in [2.24, 2.45) is 7.05 Å². The van der Waals surface area contributed by atoms with Crippen LogP contribution < -0.4 is 9.64 Å². The Balaban J connectivity index is 1.89. The van der Waals surface area contributed by atoms with E-state index < -0.39 is 16.1 Å². The number of rotatable bonds is 4. The van der Waals surface area contributed by atoms with E-state index in [0.29, 0.717) is 11.4 Å². The van der Waals surface area contributed by atoms with E-state index in [-0.39, 0.29) is 23.9 Å². The number of carbonyl (C=O) groups is 1. The third kappa shape index (κ3) is 3.00. The Hall–Kier alpha value is -2.39. The smallest absolute Gasteiger partial charge is 0.246 e. The van der Waals surface area contributed by atoms with Gasteiger partial charge in [0.15, 0.2) is 0 Å². The Morgan fingerprint density at radius 3 is 2.60 bits per heavy atom. The van der Waals surface area contributed by atoms with Crippen molar-refractivity contribution < 1.29 is 17.9 Å². The summed E-state index contributed by atoms with van der Waals surface area (Å²) in [6, 6.07) is 6.37. The van der Waals surface area contributed by atoms with Crippen molar-refractivity contribution >= 4 is 21.6 Å². The summed E-state index contributed by atoms with van der Waals surface area (Å²) in [4.78, 5) is 14.5. The number of hydrogen-bond acceptors (Lipinski definition) is 5. The summed E-state index contributed by atoms with van der Waals surface area (Å²) >= 11 is 0. The highest BCUT2D eigenvalue weighted by Gasteiger charge is 2.40. The molecule has 0 unspecified atom stereocenters. The Bertz CT molecular complexity index is 893. The second-order valence-corrected chi connectivity index (χ2v) is 7.69. The third-order valence-corrected chi connectivity index (χ3v) is 6.19. The highest BCUT2D eigenvalue weighted by molar-refractivity contribution is 7.89. The number of benzene rings is 1. The van der Waals surface area contributed by atoms with E-state index in [9.17, 15) is 13.2 Å². The second kappa shape index (κ2) is 6.49. The summed E-state index contributed by atoms with van der Waals surface area (Å²) < 4.78 is 33.6. The molecule has 2 heterocycles. The Labute approximate surface area is 146 Å². The average Bonchev–Trinajstić information content (AvgIpc) is 3.04. The van der Waals surface area contributed by atoms with Crippen LogP contribution in [0.3, 0.4) is 0 Å². The van der Waals surface area contributed by atoms with Crippen molar-refractivity contribution in [3.63, 3.8) is 0 Å². The molecule has 3 rings (SSSR count). The molecule has 1 aliphatic heterocycles.